The first-order valence-corrected chi connectivity index (χ1v) is 7.40. The van der Waals surface area contributed by atoms with E-state index in [4.69, 9.17) is 0 Å². The first-order chi connectivity index (χ1) is 9.63. The molecule has 1 atom stereocenters. The lowest BCUT2D eigenvalue weighted by molar-refractivity contribution is -0.121. The van der Waals surface area contributed by atoms with E-state index in [1.54, 1.807) is 12.1 Å². The number of halogens is 1. The summed E-state index contributed by atoms with van der Waals surface area (Å²) in [5, 5.41) is 6.35. The highest BCUT2D eigenvalue weighted by atomic mass is 19.1. The van der Waals surface area contributed by atoms with Crippen LogP contribution in [0.4, 0.5) is 4.39 Å². The third-order valence-electron chi connectivity index (χ3n) is 3.45. The van der Waals surface area contributed by atoms with Crippen molar-refractivity contribution in [3.63, 3.8) is 0 Å². The Kier molecular flexibility index (Phi) is 5.53. The topological polar surface area (TPSA) is 41.1 Å². The van der Waals surface area contributed by atoms with E-state index >= 15 is 0 Å². The minimum Gasteiger partial charge on any atom is -0.353 e. The molecule has 1 aromatic rings. The summed E-state index contributed by atoms with van der Waals surface area (Å²) < 4.78 is 13.1. The molecule has 1 unspecified atom stereocenters. The molecule has 0 aromatic heterocycles. The Bertz CT molecular complexity index is 446. The first-order valence-electron chi connectivity index (χ1n) is 7.40. The lowest BCUT2D eigenvalue weighted by Crippen LogP contribution is -2.31. The molecule has 4 heteroatoms. The molecule has 1 aliphatic rings. The molecular formula is C16H23FN2O. The molecule has 3 nitrogen and oxygen atoms in total. The molecule has 1 aliphatic carbocycles. The normalized spacial score (nSPS) is 15.9. The van der Waals surface area contributed by atoms with Crippen molar-refractivity contribution in [3.8, 4) is 0 Å². The van der Waals surface area contributed by atoms with Crippen LogP contribution in [0.15, 0.2) is 24.3 Å². The summed E-state index contributed by atoms with van der Waals surface area (Å²) in [4.78, 5) is 11.5. The zero-order valence-corrected chi connectivity index (χ0v) is 12.0. The molecule has 1 saturated carbocycles. The van der Waals surface area contributed by atoms with Crippen LogP contribution in [0.3, 0.4) is 0 Å². The van der Waals surface area contributed by atoms with Gasteiger partial charge in [-0.2, -0.15) is 0 Å². The van der Waals surface area contributed by atoms with Gasteiger partial charge in [-0.3, -0.25) is 4.79 Å². The summed E-state index contributed by atoms with van der Waals surface area (Å²) in [5.74, 6) is -0.0291. The van der Waals surface area contributed by atoms with E-state index in [9.17, 15) is 9.18 Å². The van der Waals surface area contributed by atoms with E-state index in [-0.39, 0.29) is 17.8 Å². The van der Waals surface area contributed by atoms with Gasteiger partial charge in [0.25, 0.3) is 0 Å². The van der Waals surface area contributed by atoms with E-state index in [0.29, 0.717) is 12.5 Å². The predicted octanol–water partition coefficient (Wildman–Crippen LogP) is 2.41. The van der Waals surface area contributed by atoms with Crippen molar-refractivity contribution < 1.29 is 9.18 Å². The number of rotatable bonds is 8. The Labute approximate surface area is 120 Å². The van der Waals surface area contributed by atoms with Crippen molar-refractivity contribution >= 4 is 5.91 Å². The van der Waals surface area contributed by atoms with Crippen molar-refractivity contribution in [2.24, 2.45) is 0 Å². The predicted molar refractivity (Wildman–Crippen MR) is 78.0 cm³/mol. The van der Waals surface area contributed by atoms with Gasteiger partial charge in [-0.1, -0.05) is 12.1 Å². The molecule has 20 heavy (non-hydrogen) atoms. The van der Waals surface area contributed by atoms with E-state index in [1.807, 2.05) is 6.07 Å². The van der Waals surface area contributed by atoms with Crippen LogP contribution in [0, 0.1) is 5.82 Å². The summed E-state index contributed by atoms with van der Waals surface area (Å²) in [5.41, 5.74) is 0.997. The van der Waals surface area contributed by atoms with Crippen LogP contribution in [0.5, 0.6) is 0 Å². The number of hydrogen-bond donors (Lipinski definition) is 2. The Morgan fingerprint density at radius 1 is 1.45 bits per heavy atom. The number of hydrogen-bond acceptors (Lipinski definition) is 2. The van der Waals surface area contributed by atoms with E-state index < -0.39 is 0 Å². The quantitative estimate of drug-likeness (QED) is 0.717. The van der Waals surface area contributed by atoms with E-state index in [1.165, 1.54) is 6.07 Å². The molecule has 1 amide bonds. The van der Waals surface area contributed by atoms with Crippen LogP contribution in [0.25, 0.3) is 0 Å². The molecule has 0 spiro atoms. The Balaban J connectivity index is 1.57. The van der Waals surface area contributed by atoms with Crippen LogP contribution in [-0.2, 0) is 11.2 Å². The van der Waals surface area contributed by atoms with Gasteiger partial charge in [-0.05, 0) is 56.8 Å². The summed E-state index contributed by atoms with van der Waals surface area (Å²) in [7, 11) is 0. The van der Waals surface area contributed by atoms with Gasteiger partial charge in [0.1, 0.15) is 5.82 Å². The van der Waals surface area contributed by atoms with Crippen LogP contribution < -0.4 is 10.6 Å². The molecule has 110 valence electrons. The van der Waals surface area contributed by atoms with Crippen molar-refractivity contribution in [2.45, 2.75) is 51.1 Å². The fourth-order valence-corrected chi connectivity index (χ4v) is 2.21. The van der Waals surface area contributed by atoms with Crippen LogP contribution >= 0.6 is 0 Å². The Hall–Kier alpha value is -1.42. The maximum absolute atomic E-state index is 13.1. The fraction of sp³-hybridized carbons (Fsp3) is 0.562. The standard InChI is InChI=1S/C16H23FN2O/c1-12(10-13-4-2-5-14(17)11-13)18-9-3-6-16(20)19-15-7-8-15/h2,4-5,11-12,15,18H,3,6-10H2,1H3,(H,19,20). The second kappa shape index (κ2) is 7.39. The molecule has 0 radical (unpaired) electrons. The largest absolute Gasteiger partial charge is 0.353 e. The third kappa shape index (κ3) is 5.70. The van der Waals surface area contributed by atoms with Crippen LogP contribution in [0.1, 0.15) is 38.2 Å². The van der Waals surface area contributed by atoms with Crippen LogP contribution in [-0.4, -0.2) is 24.5 Å². The average molecular weight is 278 g/mol. The molecule has 0 aliphatic heterocycles. The molecular weight excluding hydrogens is 255 g/mol. The molecule has 0 saturated heterocycles. The zero-order chi connectivity index (χ0) is 14.4. The van der Waals surface area contributed by atoms with Crippen molar-refractivity contribution in [2.75, 3.05) is 6.54 Å². The molecule has 2 N–H and O–H groups in total. The maximum atomic E-state index is 13.1. The fourth-order valence-electron chi connectivity index (χ4n) is 2.21. The van der Waals surface area contributed by atoms with Crippen LogP contribution in [0.2, 0.25) is 0 Å². The highest BCUT2D eigenvalue weighted by Gasteiger charge is 2.22. The molecule has 1 aromatic carbocycles. The SMILES string of the molecule is CC(Cc1cccc(F)c1)NCCCC(=O)NC1CC1. The van der Waals surface area contributed by atoms with E-state index in [2.05, 4.69) is 17.6 Å². The van der Waals surface area contributed by atoms with Crippen molar-refractivity contribution in [3.05, 3.63) is 35.6 Å². The second-order valence-electron chi connectivity index (χ2n) is 5.63. The van der Waals surface area contributed by atoms with Gasteiger partial charge in [-0.15, -0.1) is 0 Å². The van der Waals surface area contributed by atoms with Gasteiger partial charge in [0, 0.05) is 18.5 Å². The van der Waals surface area contributed by atoms with Gasteiger partial charge in [0.2, 0.25) is 5.91 Å². The average Bonchev–Trinajstić information content (AvgIpc) is 3.18. The molecule has 1 fully saturated rings. The molecule has 0 heterocycles. The highest BCUT2D eigenvalue weighted by Crippen LogP contribution is 2.18. The van der Waals surface area contributed by atoms with Crippen molar-refractivity contribution in [1.82, 2.24) is 10.6 Å². The highest BCUT2D eigenvalue weighted by molar-refractivity contribution is 5.76. The third-order valence-corrected chi connectivity index (χ3v) is 3.45. The maximum Gasteiger partial charge on any atom is 0.220 e. The summed E-state index contributed by atoms with van der Waals surface area (Å²) in [6, 6.07) is 7.43. The molecule has 0 bridgehead atoms. The Morgan fingerprint density at radius 3 is 2.95 bits per heavy atom. The minimum atomic E-state index is -0.188. The number of carbonyl (C=O) groups excluding carboxylic acids is 1. The summed E-state index contributed by atoms with van der Waals surface area (Å²) >= 11 is 0. The summed E-state index contributed by atoms with van der Waals surface area (Å²) in [6.07, 6.45) is 4.48. The first kappa shape index (κ1) is 15.0. The zero-order valence-electron chi connectivity index (χ0n) is 12.0. The lowest BCUT2D eigenvalue weighted by Gasteiger charge is -2.13. The number of nitrogens with one attached hydrogen (secondary N) is 2. The van der Waals surface area contributed by atoms with Gasteiger partial charge in [0.15, 0.2) is 0 Å². The monoisotopic (exact) mass is 278 g/mol. The number of amides is 1. The van der Waals surface area contributed by atoms with Gasteiger partial charge < -0.3 is 10.6 Å². The second-order valence-corrected chi connectivity index (χ2v) is 5.63. The smallest absolute Gasteiger partial charge is 0.220 e. The van der Waals surface area contributed by atoms with Gasteiger partial charge in [-0.25, -0.2) is 4.39 Å². The van der Waals surface area contributed by atoms with Gasteiger partial charge >= 0.3 is 0 Å². The number of benzene rings is 1. The van der Waals surface area contributed by atoms with Gasteiger partial charge in [0.05, 0.1) is 0 Å². The number of carbonyl (C=O) groups is 1. The van der Waals surface area contributed by atoms with Crippen molar-refractivity contribution in [1.29, 1.82) is 0 Å². The Morgan fingerprint density at radius 2 is 2.25 bits per heavy atom. The summed E-state index contributed by atoms with van der Waals surface area (Å²) in [6.45, 7) is 2.89. The van der Waals surface area contributed by atoms with E-state index in [0.717, 1.165) is 37.8 Å². The minimum absolute atomic E-state index is 0.159. The lowest BCUT2D eigenvalue weighted by atomic mass is 10.1. The molecule has 2 rings (SSSR count).